The number of hydrogen-bond acceptors (Lipinski definition) is 5. The molecule has 8 heteroatoms. The predicted octanol–water partition coefficient (Wildman–Crippen LogP) is 3.38. The number of rotatable bonds is 2. The third-order valence-corrected chi connectivity index (χ3v) is 4.93. The molecule has 2 atom stereocenters. The molecule has 0 aliphatic carbocycles. The summed E-state index contributed by atoms with van der Waals surface area (Å²) in [5.74, 6) is -0.597. The van der Waals surface area contributed by atoms with E-state index in [0.29, 0.717) is 38.3 Å². The van der Waals surface area contributed by atoms with Gasteiger partial charge >= 0.3 is 6.09 Å². The molecule has 0 saturated carbocycles. The van der Waals surface area contributed by atoms with Crippen molar-refractivity contribution in [1.29, 1.82) is 0 Å². The fourth-order valence-electron chi connectivity index (χ4n) is 3.57. The van der Waals surface area contributed by atoms with E-state index in [1.807, 2.05) is 20.8 Å². The van der Waals surface area contributed by atoms with E-state index >= 15 is 0 Å². The second-order valence-electron chi connectivity index (χ2n) is 8.03. The minimum Gasteiger partial charge on any atom is -0.495 e. The highest BCUT2D eigenvalue weighted by Crippen LogP contribution is 2.37. The average molecular weight is 391 g/mol. The summed E-state index contributed by atoms with van der Waals surface area (Å²) < 4.78 is 31.1. The Kier molecular flexibility index (Phi) is 5.77. The predicted molar refractivity (Wildman–Crippen MR) is 101 cm³/mol. The van der Waals surface area contributed by atoms with Gasteiger partial charge in [0.05, 0.1) is 32.4 Å². The molecule has 152 valence electrons. The number of amides is 1. The fourth-order valence-corrected chi connectivity index (χ4v) is 3.57. The molecule has 1 aromatic rings. The van der Waals surface area contributed by atoms with E-state index < -0.39 is 11.4 Å². The van der Waals surface area contributed by atoms with Crippen molar-refractivity contribution in [3.8, 4) is 5.75 Å². The van der Waals surface area contributed by atoms with Crippen LogP contribution in [0.5, 0.6) is 5.75 Å². The van der Waals surface area contributed by atoms with E-state index in [1.165, 1.54) is 13.2 Å². The van der Waals surface area contributed by atoms with Gasteiger partial charge in [-0.1, -0.05) is 12.1 Å². The highest BCUT2D eigenvalue weighted by molar-refractivity contribution is 5.68. The molecule has 0 unspecified atom stereocenters. The fraction of sp³-hybridized carbons (Fsp3) is 0.600. The SMILES string of the molecule is [C-]#[N+]c1ccc([C@@H]2CN3CCN(C(=O)OC(C)(C)C)C[C@@H]3CO2)c(OC)c1F. The number of carbonyl (C=O) groups excluding carboxylic acids is 1. The number of nitrogens with zero attached hydrogens (tertiary/aromatic N) is 3. The summed E-state index contributed by atoms with van der Waals surface area (Å²) >= 11 is 0. The van der Waals surface area contributed by atoms with Gasteiger partial charge in [-0.15, -0.1) is 0 Å². The minimum atomic E-state index is -0.657. The Labute approximate surface area is 164 Å². The topological polar surface area (TPSA) is 55.6 Å². The van der Waals surface area contributed by atoms with Crippen LogP contribution in [-0.4, -0.2) is 67.4 Å². The molecule has 2 saturated heterocycles. The minimum absolute atomic E-state index is 0.0596. The number of carbonyl (C=O) groups is 1. The maximum Gasteiger partial charge on any atom is 0.410 e. The Morgan fingerprint density at radius 1 is 1.32 bits per heavy atom. The number of halogens is 1. The summed E-state index contributed by atoms with van der Waals surface area (Å²) in [6.45, 7) is 15.4. The lowest BCUT2D eigenvalue weighted by Gasteiger charge is -2.46. The number of morpholine rings is 1. The number of benzene rings is 1. The monoisotopic (exact) mass is 391 g/mol. The molecule has 2 aliphatic rings. The number of ether oxygens (including phenoxy) is 3. The molecule has 0 N–H and O–H groups in total. The van der Waals surface area contributed by atoms with Gasteiger partial charge in [0.2, 0.25) is 5.69 Å². The van der Waals surface area contributed by atoms with Crippen molar-refractivity contribution in [3.05, 3.63) is 34.9 Å². The first kappa shape index (κ1) is 20.4. The van der Waals surface area contributed by atoms with Crippen molar-refractivity contribution in [2.45, 2.75) is 38.5 Å². The normalized spacial score (nSPS) is 22.9. The van der Waals surface area contributed by atoms with E-state index in [2.05, 4.69) is 9.74 Å². The van der Waals surface area contributed by atoms with Gasteiger partial charge in [-0.05, 0) is 20.8 Å². The van der Waals surface area contributed by atoms with Gasteiger partial charge in [0.15, 0.2) is 5.82 Å². The van der Waals surface area contributed by atoms with Crippen LogP contribution < -0.4 is 4.74 Å². The zero-order chi connectivity index (χ0) is 20.5. The van der Waals surface area contributed by atoms with Crippen molar-refractivity contribution in [2.75, 3.05) is 39.9 Å². The van der Waals surface area contributed by atoms with E-state index in [4.69, 9.17) is 20.8 Å². The molecule has 2 aliphatic heterocycles. The van der Waals surface area contributed by atoms with E-state index in [-0.39, 0.29) is 29.7 Å². The second kappa shape index (κ2) is 7.94. The maximum absolute atomic E-state index is 14.4. The highest BCUT2D eigenvalue weighted by atomic mass is 19.1. The van der Waals surface area contributed by atoms with Gasteiger partial charge in [-0.3, -0.25) is 4.90 Å². The molecule has 2 heterocycles. The van der Waals surface area contributed by atoms with Crippen molar-refractivity contribution < 1.29 is 23.4 Å². The first-order valence-corrected chi connectivity index (χ1v) is 9.31. The maximum atomic E-state index is 14.4. The summed E-state index contributed by atoms with van der Waals surface area (Å²) in [7, 11) is 1.39. The van der Waals surface area contributed by atoms with Crippen LogP contribution in [0.3, 0.4) is 0 Å². The zero-order valence-electron chi connectivity index (χ0n) is 16.7. The van der Waals surface area contributed by atoms with Gasteiger partial charge in [-0.2, -0.15) is 0 Å². The van der Waals surface area contributed by atoms with Gasteiger partial charge in [0.25, 0.3) is 0 Å². The molecule has 1 aromatic carbocycles. The Hall–Kier alpha value is -2.37. The van der Waals surface area contributed by atoms with E-state index in [9.17, 15) is 9.18 Å². The third-order valence-electron chi connectivity index (χ3n) is 4.93. The van der Waals surface area contributed by atoms with Gasteiger partial charge < -0.3 is 19.1 Å². The van der Waals surface area contributed by atoms with Crippen LogP contribution in [0.2, 0.25) is 0 Å². The Morgan fingerprint density at radius 2 is 2.07 bits per heavy atom. The third kappa shape index (κ3) is 4.21. The molecule has 28 heavy (non-hydrogen) atoms. The van der Waals surface area contributed by atoms with E-state index in [1.54, 1.807) is 11.0 Å². The van der Waals surface area contributed by atoms with Gasteiger partial charge in [0, 0.05) is 31.7 Å². The van der Waals surface area contributed by atoms with Crippen molar-refractivity contribution in [1.82, 2.24) is 9.80 Å². The van der Waals surface area contributed by atoms with E-state index in [0.717, 1.165) is 0 Å². The number of hydrogen-bond donors (Lipinski definition) is 0. The molecule has 1 amide bonds. The van der Waals surface area contributed by atoms with Crippen LogP contribution >= 0.6 is 0 Å². The molecule has 0 radical (unpaired) electrons. The van der Waals surface area contributed by atoms with Gasteiger partial charge in [0.1, 0.15) is 11.4 Å². The van der Waals surface area contributed by atoms with Crippen LogP contribution in [0.4, 0.5) is 14.9 Å². The molecule has 0 bridgehead atoms. The summed E-state index contributed by atoms with van der Waals surface area (Å²) in [4.78, 5) is 19.4. The molecular formula is C20H26FN3O4. The summed E-state index contributed by atoms with van der Waals surface area (Å²) in [5.41, 5.74) is 0.00113. The molecule has 3 rings (SSSR count). The molecule has 0 spiro atoms. The molecule has 0 aromatic heterocycles. The second-order valence-corrected chi connectivity index (χ2v) is 8.03. The van der Waals surface area contributed by atoms with Crippen molar-refractivity contribution in [3.63, 3.8) is 0 Å². The lowest BCUT2D eigenvalue weighted by atomic mass is 10.0. The standard InChI is InChI=1S/C20H26FN3O4/c1-20(2,3)28-19(25)24-9-8-23-11-16(27-12-13(23)10-24)14-6-7-15(22-4)17(21)18(14)26-5/h6-7,13,16H,8-12H2,1-3,5H3/t13-,16+/m1/s1. The smallest absolute Gasteiger partial charge is 0.410 e. The number of methoxy groups -OCH3 is 1. The summed E-state index contributed by atoms with van der Waals surface area (Å²) in [5, 5.41) is 0. The van der Waals surface area contributed by atoms with Crippen LogP contribution in [0.15, 0.2) is 12.1 Å². The van der Waals surface area contributed by atoms with Crippen LogP contribution in [0.1, 0.15) is 32.4 Å². The summed E-state index contributed by atoms with van der Waals surface area (Å²) in [6.07, 6.45) is -0.665. The Balaban J connectivity index is 1.68. The molecule has 7 nitrogen and oxygen atoms in total. The van der Waals surface area contributed by atoms with Crippen LogP contribution in [-0.2, 0) is 9.47 Å². The Bertz CT molecular complexity index is 787. The van der Waals surface area contributed by atoms with Crippen molar-refractivity contribution in [2.24, 2.45) is 0 Å². The molecule has 2 fully saturated rings. The first-order chi connectivity index (χ1) is 13.2. The highest BCUT2D eigenvalue weighted by Gasteiger charge is 2.37. The Morgan fingerprint density at radius 3 is 2.71 bits per heavy atom. The van der Waals surface area contributed by atoms with Crippen LogP contribution in [0.25, 0.3) is 4.85 Å². The quantitative estimate of drug-likeness (QED) is 0.724. The lowest BCUT2D eigenvalue weighted by molar-refractivity contribution is -0.0912. The first-order valence-electron chi connectivity index (χ1n) is 9.31. The number of piperazine rings is 1. The average Bonchev–Trinajstić information content (AvgIpc) is 2.65. The number of fused-ring (bicyclic) bond motifs is 1. The van der Waals surface area contributed by atoms with Gasteiger partial charge in [-0.25, -0.2) is 14.0 Å². The summed E-state index contributed by atoms with van der Waals surface area (Å²) in [6, 6.07) is 3.21. The largest absolute Gasteiger partial charge is 0.495 e. The lowest BCUT2D eigenvalue weighted by Crippen LogP contribution is -2.60. The molecular weight excluding hydrogens is 365 g/mol. The van der Waals surface area contributed by atoms with Crippen LogP contribution in [0, 0.1) is 12.4 Å². The van der Waals surface area contributed by atoms with Crippen molar-refractivity contribution >= 4 is 11.8 Å². The zero-order valence-corrected chi connectivity index (χ0v) is 16.7.